The minimum atomic E-state index is -3.06. The lowest BCUT2D eigenvalue weighted by atomic mass is 9.78. The molecule has 2 aliphatic heterocycles. The maximum absolute atomic E-state index is 12.5. The van der Waals surface area contributed by atoms with Crippen molar-refractivity contribution in [2.24, 2.45) is 5.41 Å². The van der Waals surface area contributed by atoms with E-state index in [9.17, 15) is 8.42 Å². The topological polar surface area (TPSA) is 52.7 Å². The first-order valence-electron chi connectivity index (χ1n) is 8.51. The van der Waals surface area contributed by atoms with Crippen molar-refractivity contribution < 1.29 is 8.42 Å². The normalized spacial score (nSPS) is 28.2. The molecule has 0 unspecified atom stereocenters. The largest absolute Gasteiger partial charge is 0.314 e. The van der Waals surface area contributed by atoms with Gasteiger partial charge in [-0.2, -0.15) is 0 Å². The van der Waals surface area contributed by atoms with Crippen LogP contribution in [0.15, 0.2) is 0 Å². The average Bonchev–Trinajstić information content (AvgIpc) is 2.95. The van der Waals surface area contributed by atoms with Crippen molar-refractivity contribution in [3.8, 4) is 0 Å². The van der Waals surface area contributed by atoms with E-state index in [0.717, 1.165) is 52.1 Å². The van der Waals surface area contributed by atoms with Gasteiger partial charge < -0.3 is 5.32 Å². The Hall–Kier alpha value is -0.170. The Morgan fingerprint density at radius 2 is 1.52 bits per heavy atom. The molecule has 3 fully saturated rings. The zero-order valence-corrected chi connectivity index (χ0v) is 13.8. The van der Waals surface area contributed by atoms with Crippen LogP contribution in [0.1, 0.15) is 38.5 Å². The lowest BCUT2D eigenvalue weighted by molar-refractivity contribution is 0.159. The zero-order chi connectivity index (χ0) is 14.8. The molecule has 2 heterocycles. The van der Waals surface area contributed by atoms with E-state index in [4.69, 9.17) is 0 Å². The lowest BCUT2D eigenvalue weighted by Crippen LogP contribution is -2.48. The molecule has 0 radical (unpaired) electrons. The molecule has 6 heteroatoms. The Kier molecular flexibility index (Phi) is 4.88. The number of hydrogen-bond donors (Lipinski definition) is 1. The Morgan fingerprint density at radius 3 is 2.14 bits per heavy atom. The average molecular weight is 315 g/mol. The minimum Gasteiger partial charge on any atom is -0.314 e. The number of nitrogens with one attached hydrogen (secondary N) is 1. The Morgan fingerprint density at radius 1 is 0.905 bits per heavy atom. The van der Waals surface area contributed by atoms with Crippen molar-refractivity contribution in [1.82, 2.24) is 14.5 Å². The highest BCUT2D eigenvalue weighted by Crippen LogP contribution is 2.46. The lowest BCUT2D eigenvalue weighted by Gasteiger charge is -2.39. The maximum atomic E-state index is 12.5. The number of piperidine rings is 1. The molecular weight excluding hydrogens is 286 g/mol. The van der Waals surface area contributed by atoms with E-state index in [0.29, 0.717) is 17.7 Å². The van der Waals surface area contributed by atoms with Gasteiger partial charge in [-0.1, -0.05) is 12.8 Å². The van der Waals surface area contributed by atoms with Crippen molar-refractivity contribution >= 4 is 10.0 Å². The number of sulfonamides is 1. The van der Waals surface area contributed by atoms with Gasteiger partial charge in [-0.3, -0.25) is 4.90 Å². The molecule has 5 nitrogen and oxygen atoms in total. The summed E-state index contributed by atoms with van der Waals surface area (Å²) in [5.41, 5.74) is 0.491. The van der Waals surface area contributed by atoms with Crippen LogP contribution >= 0.6 is 0 Å². The first-order valence-corrected chi connectivity index (χ1v) is 10.1. The summed E-state index contributed by atoms with van der Waals surface area (Å²) in [6, 6.07) is 0. The highest BCUT2D eigenvalue weighted by molar-refractivity contribution is 7.89. The second-order valence-corrected chi connectivity index (χ2v) is 9.10. The van der Waals surface area contributed by atoms with E-state index >= 15 is 0 Å². The van der Waals surface area contributed by atoms with Gasteiger partial charge in [0, 0.05) is 45.8 Å². The monoisotopic (exact) mass is 315 g/mol. The molecule has 0 aromatic rings. The van der Waals surface area contributed by atoms with Crippen LogP contribution < -0.4 is 5.32 Å². The van der Waals surface area contributed by atoms with Gasteiger partial charge in [0.25, 0.3) is 0 Å². The fraction of sp³-hybridized carbons (Fsp3) is 1.00. The molecule has 3 rings (SSSR count). The summed E-state index contributed by atoms with van der Waals surface area (Å²) in [6.07, 6.45) is 7.49. The summed E-state index contributed by atoms with van der Waals surface area (Å²) in [5.74, 6) is 0.292. The highest BCUT2D eigenvalue weighted by atomic mass is 32.2. The molecule has 122 valence electrons. The zero-order valence-electron chi connectivity index (χ0n) is 13.0. The van der Waals surface area contributed by atoms with E-state index in [1.165, 1.54) is 25.7 Å². The predicted molar refractivity (Wildman–Crippen MR) is 84.8 cm³/mol. The molecule has 3 aliphatic rings. The summed E-state index contributed by atoms with van der Waals surface area (Å²) in [4.78, 5) is 2.26. The molecule has 1 spiro atoms. The molecule has 0 bridgehead atoms. The molecule has 2 saturated heterocycles. The van der Waals surface area contributed by atoms with Gasteiger partial charge in [-0.15, -0.1) is 0 Å². The number of nitrogens with zero attached hydrogens (tertiary/aromatic N) is 2. The van der Waals surface area contributed by atoms with E-state index < -0.39 is 10.0 Å². The number of piperazine rings is 1. The van der Waals surface area contributed by atoms with Gasteiger partial charge in [0.15, 0.2) is 0 Å². The van der Waals surface area contributed by atoms with E-state index in [-0.39, 0.29) is 0 Å². The van der Waals surface area contributed by atoms with Crippen molar-refractivity contribution in [3.05, 3.63) is 0 Å². The summed E-state index contributed by atoms with van der Waals surface area (Å²) < 4.78 is 26.8. The second kappa shape index (κ2) is 6.52. The summed E-state index contributed by atoms with van der Waals surface area (Å²) in [5, 5.41) is 3.30. The van der Waals surface area contributed by atoms with Gasteiger partial charge >= 0.3 is 0 Å². The Balaban J connectivity index is 1.48. The summed E-state index contributed by atoms with van der Waals surface area (Å²) in [7, 11) is -3.06. The predicted octanol–water partition coefficient (Wildman–Crippen LogP) is 0.878. The quantitative estimate of drug-likeness (QED) is 0.837. The second-order valence-electron chi connectivity index (χ2n) is 7.01. The van der Waals surface area contributed by atoms with Crippen LogP contribution in [0.25, 0.3) is 0 Å². The van der Waals surface area contributed by atoms with Crippen molar-refractivity contribution in [3.63, 3.8) is 0 Å². The van der Waals surface area contributed by atoms with Gasteiger partial charge in [0.1, 0.15) is 0 Å². The van der Waals surface area contributed by atoms with Crippen LogP contribution in [-0.2, 0) is 10.0 Å². The van der Waals surface area contributed by atoms with Crippen LogP contribution in [0.4, 0.5) is 0 Å². The highest BCUT2D eigenvalue weighted by Gasteiger charge is 2.39. The van der Waals surface area contributed by atoms with Crippen LogP contribution in [0.2, 0.25) is 0 Å². The van der Waals surface area contributed by atoms with Crippen LogP contribution in [0.5, 0.6) is 0 Å². The molecule has 1 saturated carbocycles. The molecule has 1 aliphatic carbocycles. The van der Waals surface area contributed by atoms with Crippen molar-refractivity contribution in [1.29, 1.82) is 0 Å². The van der Waals surface area contributed by atoms with Gasteiger partial charge in [0.05, 0.1) is 5.75 Å². The SMILES string of the molecule is O=S(=O)(CCN1CCNCC1)N1CCC2(CCCC2)CC1. The molecule has 0 aromatic heterocycles. The fourth-order valence-electron chi connectivity index (χ4n) is 4.17. The van der Waals surface area contributed by atoms with E-state index in [1.807, 2.05) is 0 Å². The number of rotatable bonds is 4. The van der Waals surface area contributed by atoms with Gasteiger partial charge in [-0.25, -0.2) is 12.7 Å². The Labute approximate surface area is 129 Å². The number of hydrogen-bond acceptors (Lipinski definition) is 4. The summed E-state index contributed by atoms with van der Waals surface area (Å²) >= 11 is 0. The van der Waals surface area contributed by atoms with Crippen LogP contribution in [-0.4, -0.2) is 69.2 Å². The fourth-order valence-corrected chi connectivity index (χ4v) is 5.66. The Bertz CT molecular complexity index is 430. The third-order valence-electron chi connectivity index (χ3n) is 5.72. The molecule has 1 N–H and O–H groups in total. The van der Waals surface area contributed by atoms with Crippen molar-refractivity contribution in [2.75, 3.05) is 51.6 Å². The standard InChI is InChI=1S/C15H29N3O2S/c19-21(20,14-13-17-11-7-16-8-12-17)18-9-5-15(6-10-18)3-1-2-4-15/h16H,1-14H2. The molecule has 0 aromatic carbocycles. The van der Waals surface area contributed by atoms with Crippen LogP contribution in [0, 0.1) is 5.41 Å². The first kappa shape index (κ1) is 15.7. The molecule has 0 amide bonds. The first-order chi connectivity index (χ1) is 10.1. The van der Waals surface area contributed by atoms with Gasteiger partial charge in [0.2, 0.25) is 10.0 Å². The van der Waals surface area contributed by atoms with E-state index in [2.05, 4.69) is 10.2 Å². The summed E-state index contributed by atoms with van der Waals surface area (Å²) in [6.45, 7) is 6.09. The van der Waals surface area contributed by atoms with E-state index in [1.54, 1.807) is 4.31 Å². The van der Waals surface area contributed by atoms with Crippen molar-refractivity contribution in [2.45, 2.75) is 38.5 Å². The molecule has 21 heavy (non-hydrogen) atoms. The minimum absolute atomic E-state index is 0.292. The maximum Gasteiger partial charge on any atom is 0.215 e. The van der Waals surface area contributed by atoms with Crippen LogP contribution in [0.3, 0.4) is 0 Å². The molecular formula is C15H29N3O2S. The van der Waals surface area contributed by atoms with Gasteiger partial charge in [-0.05, 0) is 31.1 Å². The third kappa shape index (κ3) is 3.78. The smallest absolute Gasteiger partial charge is 0.215 e. The third-order valence-corrected chi connectivity index (χ3v) is 7.57. The molecule has 0 atom stereocenters.